The number of hydrogen-bond acceptors (Lipinski definition) is 5. The molecule has 1 spiro atoms. The molecule has 2 amide bonds. The average Bonchev–Trinajstić information content (AvgIpc) is 3.65. The Kier molecular flexibility index (Phi) is 10.1. The van der Waals surface area contributed by atoms with Crippen LogP contribution in [0.4, 0.5) is 10.1 Å². The second-order valence-corrected chi connectivity index (χ2v) is 15.4. The summed E-state index contributed by atoms with van der Waals surface area (Å²) in [5.41, 5.74) is 1.48. The number of hydrogen-bond donors (Lipinski definition) is 4. The molecule has 0 unspecified atom stereocenters. The normalized spacial score (nSPS) is 26.2. The fraction of sp³-hybridized carbons (Fsp3) is 0.273. The molecule has 4 N–H and O–H groups in total. The van der Waals surface area contributed by atoms with Crippen LogP contribution >= 0.6 is 23.2 Å². The van der Waals surface area contributed by atoms with E-state index in [-0.39, 0.29) is 16.6 Å². The highest BCUT2D eigenvalue weighted by Gasteiger charge is 2.71. The topological polar surface area (TPSA) is 102 Å². The van der Waals surface area contributed by atoms with Crippen molar-refractivity contribution < 1.29 is 24.2 Å². The molecule has 6 atom stereocenters. The molecule has 5 aromatic carbocycles. The van der Waals surface area contributed by atoms with Crippen LogP contribution in [0.25, 0.3) is 0 Å². The van der Waals surface area contributed by atoms with Gasteiger partial charge in [-0.25, -0.2) is 4.39 Å². The SMILES string of the molecule is O=C(NC1CCC(O)CC1)[C@H]1[C@H](c2cccc(Cl)c2F)[C@@]2(C(=O)Nc3cc(Cl)ccc32)[C@@H](c2ccccc2)N1[C@H](c1ccccc1)[C@@H](O)c1ccccc1. The number of nitrogens with one attached hydrogen (secondary N) is 2. The summed E-state index contributed by atoms with van der Waals surface area (Å²) in [5.74, 6) is -2.74. The number of carbonyl (C=O) groups excluding carboxylic acids is 2. The number of likely N-dealkylation sites (tertiary alicyclic amines) is 1. The molecule has 54 heavy (non-hydrogen) atoms. The van der Waals surface area contributed by atoms with Crippen molar-refractivity contribution in [3.63, 3.8) is 0 Å². The highest BCUT2D eigenvalue weighted by Crippen LogP contribution is 2.66. The Morgan fingerprint density at radius 1 is 0.833 bits per heavy atom. The van der Waals surface area contributed by atoms with Gasteiger partial charge in [-0.3, -0.25) is 14.5 Å². The van der Waals surface area contributed by atoms with Gasteiger partial charge in [0.15, 0.2) is 0 Å². The monoisotopic (exact) mass is 763 g/mol. The number of aliphatic hydroxyl groups is 2. The third-order valence-electron chi connectivity index (χ3n) is 11.6. The quantitative estimate of drug-likeness (QED) is 0.127. The summed E-state index contributed by atoms with van der Waals surface area (Å²) in [6.07, 6.45) is 0.513. The maximum atomic E-state index is 16.9. The zero-order valence-corrected chi connectivity index (χ0v) is 30.8. The molecule has 0 radical (unpaired) electrons. The standard InChI is InChI=1S/C44H40Cl2FN3O4/c45-29-19-24-33-35(25-29)49-43(54)44(33)36(32-17-10-18-34(46)37(32)47)39(42(53)48-30-20-22-31(51)23-21-30)50(41(44)28-15-8-3-9-16-28)38(26-11-4-1-5-12-26)40(52)27-13-6-2-7-14-27/h1-19,24-25,30-31,36,38-41,51-52H,20-23H2,(H,48,53)(H,49,54)/t30?,31?,36-,38+,39+,40-,41+,44+/m0/s1. The third kappa shape index (κ3) is 6.20. The molecule has 3 aliphatic rings. The fourth-order valence-corrected chi connectivity index (χ4v) is 9.62. The largest absolute Gasteiger partial charge is 0.393 e. The fourth-order valence-electron chi connectivity index (χ4n) is 9.27. The molecule has 0 bridgehead atoms. The van der Waals surface area contributed by atoms with Gasteiger partial charge in [-0.05, 0) is 71.7 Å². The van der Waals surface area contributed by atoms with Crippen molar-refractivity contribution in [1.82, 2.24) is 10.2 Å². The summed E-state index contributed by atoms with van der Waals surface area (Å²) in [6, 6.07) is 34.6. The maximum Gasteiger partial charge on any atom is 0.238 e. The first-order valence-electron chi connectivity index (χ1n) is 18.3. The first-order valence-corrected chi connectivity index (χ1v) is 19.1. The van der Waals surface area contributed by atoms with E-state index >= 15 is 14.0 Å². The van der Waals surface area contributed by atoms with Crippen LogP contribution in [0.1, 0.15) is 77.6 Å². The summed E-state index contributed by atoms with van der Waals surface area (Å²) in [4.78, 5) is 32.7. The molecule has 1 aliphatic carbocycles. The van der Waals surface area contributed by atoms with Gasteiger partial charge in [0.25, 0.3) is 0 Å². The van der Waals surface area contributed by atoms with Gasteiger partial charge >= 0.3 is 0 Å². The highest BCUT2D eigenvalue weighted by molar-refractivity contribution is 6.31. The molecule has 0 aromatic heterocycles. The number of rotatable bonds is 8. The van der Waals surface area contributed by atoms with Gasteiger partial charge in [-0.2, -0.15) is 0 Å². The molecular weight excluding hydrogens is 724 g/mol. The molecule has 1 saturated heterocycles. The Labute approximate surface area is 323 Å². The van der Waals surface area contributed by atoms with E-state index in [1.54, 1.807) is 30.3 Å². The van der Waals surface area contributed by atoms with Gasteiger partial charge in [0.1, 0.15) is 11.2 Å². The maximum absolute atomic E-state index is 16.9. The van der Waals surface area contributed by atoms with Gasteiger partial charge < -0.3 is 20.8 Å². The van der Waals surface area contributed by atoms with Crippen molar-refractivity contribution in [2.75, 3.05) is 5.32 Å². The Hall–Kier alpha value is -4.57. The Morgan fingerprint density at radius 3 is 2.13 bits per heavy atom. The smallest absolute Gasteiger partial charge is 0.238 e. The van der Waals surface area contributed by atoms with Crippen LogP contribution < -0.4 is 10.6 Å². The number of halogens is 3. The summed E-state index contributed by atoms with van der Waals surface area (Å²) in [6.45, 7) is 0. The number of benzene rings is 5. The molecule has 5 aromatic rings. The molecule has 2 heterocycles. The van der Waals surface area contributed by atoms with Crippen LogP contribution in [0, 0.1) is 5.82 Å². The third-order valence-corrected chi connectivity index (χ3v) is 12.1. The van der Waals surface area contributed by atoms with Crippen LogP contribution in [-0.2, 0) is 15.0 Å². The molecule has 276 valence electrons. The Bertz CT molecular complexity index is 2150. The summed E-state index contributed by atoms with van der Waals surface area (Å²) in [7, 11) is 0. The molecule has 1 saturated carbocycles. The van der Waals surface area contributed by atoms with Crippen molar-refractivity contribution in [2.24, 2.45) is 0 Å². The van der Waals surface area contributed by atoms with E-state index in [9.17, 15) is 10.2 Å². The second kappa shape index (κ2) is 14.9. The second-order valence-electron chi connectivity index (χ2n) is 14.6. The number of aliphatic hydroxyl groups excluding tert-OH is 2. The highest BCUT2D eigenvalue weighted by atomic mass is 35.5. The first-order chi connectivity index (χ1) is 26.2. The molecule has 2 aliphatic heterocycles. The number of amides is 2. The lowest BCUT2D eigenvalue weighted by molar-refractivity contribution is -0.130. The van der Waals surface area contributed by atoms with Crippen molar-refractivity contribution in [3.8, 4) is 0 Å². The van der Waals surface area contributed by atoms with E-state index in [1.165, 1.54) is 6.07 Å². The van der Waals surface area contributed by atoms with E-state index in [4.69, 9.17) is 23.2 Å². The van der Waals surface area contributed by atoms with Gasteiger partial charge in [-0.15, -0.1) is 0 Å². The van der Waals surface area contributed by atoms with Gasteiger partial charge in [-0.1, -0.05) is 132 Å². The van der Waals surface area contributed by atoms with Crippen LogP contribution in [0.2, 0.25) is 10.0 Å². The summed E-state index contributed by atoms with van der Waals surface area (Å²) >= 11 is 13.1. The minimum Gasteiger partial charge on any atom is -0.393 e. The van der Waals surface area contributed by atoms with Crippen molar-refractivity contribution >= 4 is 40.7 Å². The zero-order valence-electron chi connectivity index (χ0n) is 29.3. The van der Waals surface area contributed by atoms with E-state index in [1.807, 2.05) is 95.9 Å². The predicted octanol–water partition coefficient (Wildman–Crippen LogP) is 8.43. The van der Waals surface area contributed by atoms with Gasteiger partial charge in [0, 0.05) is 22.7 Å². The van der Waals surface area contributed by atoms with Crippen LogP contribution in [-0.4, -0.2) is 45.1 Å². The first kappa shape index (κ1) is 36.4. The van der Waals surface area contributed by atoms with Crippen LogP contribution in [0.3, 0.4) is 0 Å². The van der Waals surface area contributed by atoms with Crippen molar-refractivity contribution in [2.45, 2.75) is 73.4 Å². The molecule has 10 heteroatoms. The lowest BCUT2D eigenvalue weighted by Gasteiger charge is -2.42. The molecule has 2 fully saturated rings. The number of carbonyl (C=O) groups is 2. The average molecular weight is 765 g/mol. The van der Waals surface area contributed by atoms with Gasteiger partial charge in [0.2, 0.25) is 11.8 Å². The molecule has 8 rings (SSSR count). The Morgan fingerprint density at radius 2 is 1.46 bits per heavy atom. The minimum atomic E-state index is -1.64. The zero-order chi connectivity index (χ0) is 37.6. The number of nitrogens with zero attached hydrogens (tertiary/aromatic N) is 1. The van der Waals surface area contributed by atoms with E-state index in [2.05, 4.69) is 10.6 Å². The summed E-state index contributed by atoms with van der Waals surface area (Å²) < 4.78 is 16.9. The van der Waals surface area contributed by atoms with E-state index in [0.29, 0.717) is 58.6 Å². The van der Waals surface area contributed by atoms with Crippen molar-refractivity contribution in [3.05, 3.63) is 171 Å². The molecular formula is C44H40Cl2FN3O4. The van der Waals surface area contributed by atoms with Crippen LogP contribution in [0.15, 0.2) is 127 Å². The lowest BCUT2D eigenvalue weighted by Crippen LogP contribution is -2.52. The minimum absolute atomic E-state index is 0.101. The molecule has 7 nitrogen and oxygen atoms in total. The van der Waals surface area contributed by atoms with E-state index < -0.39 is 59.3 Å². The van der Waals surface area contributed by atoms with E-state index in [0.717, 1.165) is 0 Å². The number of fused-ring (bicyclic) bond motifs is 2. The predicted molar refractivity (Wildman–Crippen MR) is 208 cm³/mol. The lowest BCUT2D eigenvalue weighted by atomic mass is 9.63. The van der Waals surface area contributed by atoms with Crippen LogP contribution in [0.5, 0.6) is 0 Å². The van der Waals surface area contributed by atoms with Gasteiger partial charge in [0.05, 0.1) is 35.4 Å². The summed E-state index contributed by atoms with van der Waals surface area (Å²) in [5, 5.41) is 29.6. The Balaban J connectivity index is 1.47. The number of anilines is 1. The van der Waals surface area contributed by atoms with Crippen molar-refractivity contribution in [1.29, 1.82) is 0 Å².